The fraction of sp³-hybridized carbons (Fsp3) is 0.222. The highest BCUT2D eigenvalue weighted by Gasteiger charge is 2.16. The van der Waals surface area contributed by atoms with Gasteiger partial charge in [-0.2, -0.15) is 0 Å². The molecule has 0 aliphatic heterocycles. The molecule has 0 aliphatic carbocycles. The Bertz CT molecular complexity index is 1020. The maximum atomic E-state index is 11.0. The Kier molecular flexibility index (Phi) is 11.2. The molecule has 0 heterocycles. The third-order valence-corrected chi connectivity index (χ3v) is 4.84. The van der Waals surface area contributed by atoms with E-state index in [4.69, 9.17) is 19.8 Å². The van der Waals surface area contributed by atoms with E-state index in [9.17, 15) is 4.79 Å². The summed E-state index contributed by atoms with van der Waals surface area (Å²) in [7, 11) is 1.40. The predicted octanol–water partition coefficient (Wildman–Crippen LogP) is 4.07. The fourth-order valence-corrected chi connectivity index (χ4v) is 3.13. The lowest BCUT2D eigenvalue weighted by atomic mass is 10.1. The summed E-state index contributed by atoms with van der Waals surface area (Å²) in [4.78, 5) is 11.0. The van der Waals surface area contributed by atoms with Crippen molar-refractivity contribution in [1.29, 1.82) is 0 Å². The Balaban J connectivity index is 0.00000187. The number of carboxylic acids is 1. The van der Waals surface area contributed by atoms with Crippen LogP contribution in [0, 0.1) is 11.8 Å². The van der Waals surface area contributed by atoms with Gasteiger partial charge in [-0.05, 0) is 47.4 Å². The number of rotatable bonds is 9. The van der Waals surface area contributed by atoms with Crippen LogP contribution < -0.4 is 10.6 Å². The van der Waals surface area contributed by atoms with Gasteiger partial charge in [-0.15, -0.1) is 0 Å². The molecule has 1 atom stereocenters. The molecule has 3 rings (SSSR count). The lowest BCUT2D eigenvalue weighted by Gasteiger charge is -2.10. The van der Waals surface area contributed by atoms with Crippen LogP contribution in [0.5, 0.6) is 5.75 Å². The first-order valence-electron chi connectivity index (χ1n) is 10.5. The average molecular weight is 448 g/mol. The molecule has 0 amide bonds. The summed E-state index contributed by atoms with van der Waals surface area (Å²) in [6.07, 6.45) is 1.03. The van der Waals surface area contributed by atoms with E-state index < -0.39 is 12.1 Å². The minimum Gasteiger partial charge on any atom is -0.493 e. The first kappa shape index (κ1) is 25.6. The third kappa shape index (κ3) is 9.17. The minimum absolute atomic E-state index is 0.331. The van der Waals surface area contributed by atoms with Crippen molar-refractivity contribution in [3.63, 3.8) is 0 Å². The van der Waals surface area contributed by atoms with Crippen LogP contribution >= 0.6 is 0 Å². The summed E-state index contributed by atoms with van der Waals surface area (Å²) < 4.78 is 10.7. The molecule has 0 spiro atoms. The van der Waals surface area contributed by atoms with Gasteiger partial charge in [0, 0.05) is 25.5 Å². The molecule has 0 aliphatic rings. The van der Waals surface area contributed by atoms with E-state index in [1.54, 1.807) is 0 Å². The molecule has 0 radical (unpaired) electrons. The molecule has 3 aromatic carbocycles. The van der Waals surface area contributed by atoms with E-state index in [-0.39, 0.29) is 0 Å². The normalized spacial score (nSPS) is 10.8. The molecule has 3 aromatic rings. The topological polar surface area (TPSA) is 102 Å². The second kappa shape index (κ2) is 14.4. The Hall–Kier alpha value is -3.63. The van der Waals surface area contributed by atoms with Crippen LogP contribution in [-0.4, -0.2) is 36.1 Å². The van der Waals surface area contributed by atoms with Crippen LogP contribution in [0.4, 0.5) is 0 Å². The highest BCUT2D eigenvalue weighted by atomic mass is 16.5. The zero-order valence-corrected chi connectivity index (χ0v) is 18.6. The molecule has 0 fully saturated rings. The number of carbonyl (C=O) groups is 1. The summed E-state index contributed by atoms with van der Waals surface area (Å²) in [6, 6.07) is 26.1. The molecule has 172 valence electrons. The quantitative estimate of drug-likeness (QED) is 0.260. The van der Waals surface area contributed by atoms with E-state index in [1.807, 2.05) is 42.5 Å². The average Bonchev–Trinajstić information content (AvgIpc) is 2.86. The molecule has 4 N–H and O–H groups in total. The van der Waals surface area contributed by atoms with Crippen LogP contribution in [0.2, 0.25) is 0 Å². The van der Waals surface area contributed by atoms with Crippen molar-refractivity contribution in [3.8, 4) is 17.6 Å². The number of methoxy groups -OCH3 is 1. The molecule has 0 bridgehead atoms. The van der Waals surface area contributed by atoms with E-state index in [0.29, 0.717) is 19.4 Å². The molecule has 0 saturated heterocycles. The van der Waals surface area contributed by atoms with E-state index in [0.717, 1.165) is 23.3 Å². The van der Waals surface area contributed by atoms with Gasteiger partial charge in [-0.3, -0.25) is 0 Å². The van der Waals surface area contributed by atoms with Crippen molar-refractivity contribution in [2.45, 2.75) is 25.4 Å². The molecule has 33 heavy (non-hydrogen) atoms. The Labute approximate surface area is 194 Å². The SMILES string of the molecule is COC(Cc1ccc(C#CCCOc2ccc(Cc3ccccc3)cc2)cc1)C(=O)O.NO. The number of hydrogen-bond donors (Lipinski definition) is 3. The molecule has 6 nitrogen and oxygen atoms in total. The maximum absolute atomic E-state index is 11.0. The number of nitrogens with two attached hydrogens (primary N) is 1. The zero-order chi connectivity index (χ0) is 23.9. The van der Waals surface area contributed by atoms with Crippen LogP contribution in [0.15, 0.2) is 78.9 Å². The van der Waals surface area contributed by atoms with Crippen LogP contribution in [0.1, 0.15) is 28.7 Å². The molecular weight excluding hydrogens is 418 g/mol. The van der Waals surface area contributed by atoms with Gasteiger partial charge in [0.1, 0.15) is 5.75 Å². The summed E-state index contributed by atoms with van der Waals surface area (Å²) in [5.41, 5.74) is 4.33. The molecular formula is C27H29NO5. The second-order valence-electron chi connectivity index (χ2n) is 7.17. The first-order chi connectivity index (χ1) is 16.1. The Morgan fingerprint density at radius 1 is 0.909 bits per heavy atom. The number of ether oxygens (including phenoxy) is 2. The van der Waals surface area contributed by atoms with Gasteiger partial charge in [0.05, 0.1) is 6.61 Å². The first-order valence-corrected chi connectivity index (χ1v) is 10.5. The molecule has 1 unspecified atom stereocenters. The third-order valence-electron chi connectivity index (χ3n) is 4.84. The summed E-state index contributed by atoms with van der Waals surface area (Å²) in [5, 5.41) is 15.6. The van der Waals surface area contributed by atoms with Crippen LogP contribution in [0.3, 0.4) is 0 Å². The van der Waals surface area contributed by atoms with Crippen molar-refractivity contribution in [2.24, 2.45) is 5.90 Å². The van der Waals surface area contributed by atoms with Gasteiger partial charge < -0.3 is 19.8 Å². The summed E-state index contributed by atoms with van der Waals surface area (Å²) in [5.74, 6) is 9.60. The smallest absolute Gasteiger partial charge is 0.333 e. The van der Waals surface area contributed by atoms with Crippen molar-refractivity contribution >= 4 is 5.97 Å². The lowest BCUT2D eigenvalue weighted by molar-refractivity contribution is -0.148. The highest BCUT2D eigenvalue weighted by Crippen LogP contribution is 2.15. The van der Waals surface area contributed by atoms with Crippen molar-refractivity contribution < 1.29 is 24.6 Å². The van der Waals surface area contributed by atoms with E-state index in [1.165, 1.54) is 18.2 Å². The Morgan fingerprint density at radius 2 is 1.52 bits per heavy atom. The van der Waals surface area contributed by atoms with Gasteiger partial charge in [0.15, 0.2) is 6.10 Å². The van der Waals surface area contributed by atoms with Gasteiger partial charge in [-0.1, -0.05) is 66.4 Å². The maximum Gasteiger partial charge on any atom is 0.333 e. The fourth-order valence-electron chi connectivity index (χ4n) is 3.13. The zero-order valence-electron chi connectivity index (χ0n) is 18.6. The van der Waals surface area contributed by atoms with Crippen LogP contribution in [-0.2, 0) is 22.4 Å². The molecule has 0 aromatic heterocycles. The van der Waals surface area contributed by atoms with Crippen molar-refractivity contribution in [3.05, 3.63) is 101 Å². The summed E-state index contributed by atoms with van der Waals surface area (Å²) >= 11 is 0. The Morgan fingerprint density at radius 3 is 2.12 bits per heavy atom. The van der Waals surface area contributed by atoms with Crippen molar-refractivity contribution in [1.82, 2.24) is 0 Å². The van der Waals surface area contributed by atoms with Gasteiger partial charge in [0.25, 0.3) is 0 Å². The number of aliphatic carboxylic acids is 1. The number of carboxylic acid groups (broad SMARTS) is 1. The monoisotopic (exact) mass is 447 g/mol. The largest absolute Gasteiger partial charge is 0.493 e. The second-order valence-corrected chi connectivity index (χ2v) is 7.17. The predicted molar refractivity (Wildman–Crippen MR) is 127 cm³/mol. The molecule has 6 heteroatoms. The van der Waals surface area contributed by atoms with Gasteiger partial charge in [0.2, 0.25) is 0 Å². The highest BCUT2D eigenvalue weighted by molar-refractivity contribution is 5.72. The van der Waals surface area contributed by atoms with Crippen molar-refractivity contribution in [2.75, 3.05) is 13.7 Å². The van der Waals surface area contributed by atoms with Gasteiger partial charge in [-0.25, -0.2) is 10.7 Å². The lowest BCUT2D eigenvalue weighted by Crippen LogP contribution is -2.24. The number of hydrogen-bond acceptors (Lipinski definition) is 5. The molecule has 0 saturated carbocycles. The summed E-state index contributed by atoms with van der Waals surface area (Å²) in [6.45, 7) is 0.525. The van der Waals surface area contributed by atoms with E-state index in [2.05, 4.69) is 54.1 Å². The van der Waals surface area contributed by atoms with Gasteiger partial charge >= 0.3 is 5.97 Å². The number of benzene rings is 3. The minimum atomic E-state index is -0.961. The van der Waals surface area contributed by atoms with E-state index >= 15 is 0 Å². The van der Waals surface area contributed by atoms with Crippen LogP contribution in [0.25, 0.3) is 0 Å². The standard InChI is InChI=1S/C27H26O4.H3NO/c1-30-26(27(28)29)20-24-12-10-21(11-13-24)7-5-6-18-31-25-16-14-23(15-17-25)19-22-8-3-2-4-9-22;1-2/h2-4,8-17,26H,6,18-20H2,1H3,(H,28,29);2H,1H2.